The van der Waals surface area contributed by atoms with Gasteiger partial charge >= 0.3 is 32.7 Å². The second-order valence-electron chi connectivity index (χ2n) is 19.7. The van der Waals surface area contributed by atoms with Gasteiger partial charge in [0.15, 0.2) is 0 Å². The van der Waals surface area contributed by atoms with Gasteiger partial charge in [0.05, 0.1) is 6.17 Å². The molecule has 2 N–H and O–H groups in total. The van der Waals surface area contributed by atoms with Gasteiger partial charge in [0.2, 0.25) is 0 Å². The third-order valence-corrected chi connectivity index (χ3v) is 12.9. The van der Waals surface area contributed by atoms with Gasteiger partial charge in [0, 0.05) is 11.4 Å². The Morgan fingerprint density at radius 1 is 0.364 bits per heavy atom. The molecule has 66 heavy (non-hydrogen) atoms. The van der Waals surface area contributed by atoms with Gasteiger partial charge in [-0.25, -0.2) is 0 Å². The summed E-state index contributed by atoms with van der Waals surface area (Å²) in [5.74, 6) is 0. The van der Waals surface area contributed by atoms with E-state index in [-0.39, 0.29) is 46.3 Å². The van der Waals surface area contributed by atoms with E-state index in [9.17, 15) is 0 Å². The molecule has 0 unspecified atom stereocenters. The second-order valence-corrected chi connectivity index (χ2v) is 19.7. The van der Waals surface area contributed by atoms with Crippen molar-refractivity contribution in [1.82, 2.24) is 0 Å². The summed E-state index contributed by atoms with van der Waals surface area (Å²) in [5.41, 5.74) is 11.8. The molecule has 382 valence electrons. The fraction of sp³-hybridized carbons (Fsp3) is 0.762. The van der Waals surface area contributed by atoms with Crippen molar-refractivity contribution in [2.45, 2.75) is 312 Å². The zero-order chi connectivity index (χ0) is 47.3. The summed E-state index contributed by atoms with van der Waals surface area (Å²) in [5, 5.41) is 8.40. The quantitative estimate of drug-likeness (QED) is 0.0395. The second kappa shape index (κ2) is 52.0. The molecule has 0 atom stereocenters. The molecule has 0 heterocycles. The van der Waals surface area contributed by atoms with E-state index in [4.69, 9.17) is 0 Å². The first-order valence-electron chi connectivity index (χ1n) is 28.7. The first-order valence-corrected chi connectivity index (χ1v) is 28.7. The smallest absolute Gasteiger partial charge is 0.365 e. The number of benzene rings is 2. The van der Waals surface area contributed by atoms with Crippen molar-refractivity contribution >= 4 is 11.4 Å². The zero-order valence-electron chi connectivity index (χ0n) is 46.7. The van der Waals surface area contributed by atoms with Gasteiger partial charge in [-0.2, -0.15) is 12.8 Å². The SMILES string of the molecule is CCCCCCCCCCC(Nc1c(CCCC)cc(C)cc1CCCC)Nc1c(CCCC)cc(C)cc1CCCC.[CH2-]CC.[CH2-]CCCCCCCCCCCCCCCCC.[CH3-].[Y+3]. The maximum atomic E-state index is 4.20. The molecule has 0 aromatic heterocycles. The number of aryl methyl sites for hydroxylation is 6. The van der Waals surface area contributed by atoms with Crippen LogP contribution in [0, 0.1) is 35.1 Å². The van der Waals surface area contributed by atoms with Crippen LogP contribution in [0.3, 0.4) is 0 Å². The Labute approximate surface area is 443 Å². The standard InChI is InChI=1S/C41H70N2.C18H37.C3H7.CH3.Y/c1-8-13-18-19-20-21-22-23-28-39(42-40-35(24-14-9-2)29-33(6)30-36(40)25-15-10-3)43-41-37(26-16-11-4)31-34(7)32-38(41)27-17-12-5;1-3-5-7-9-11-13-15-17-18-16-14-12-10-8-6-4-2;1-3-2;;/h29-32,39,42-43H,8-28H2,1-7H3;1,3-18H2,2H3;1,3H2,2H3;1H3;/q;3*-1;+3. The van der Waals surface area contributed by atoms with Crippen LogP contribution in [0.5, 0.6) is 0 Å². The van der Waals surface area contributed by atoms with Crippen molar-refractivity contribution in [3.63, 3.8) is 0 Å². The van der Waals surface area contributed by atoms with Crippen LogP contribution in [0.4, 0.5) is 11.4 Å². The predicted octanol–water partition coefficient (Wildman–Crippen LogP) is 21.8. The van der Waals surface area contributed by atoms with Gasteiger partial charge in [-0.15, -0.1) is 0 Å². The largest absolute Gasteiger partial charge is 3.00 e. The molecule has 2 aromatic rings. The normalized spacial score (nSPS) is 10.7. The molecule has 0 aliphatic heterocycles. The summed E-state index contributed by atoms with van der Waals surface area (Å²) in [6.07, 6.45) is 50.8. The molecule has 2 nitrogen and oxygen atoms in total. The van der Waals surface area contributed by atoms with Crippen molar-refractivity contribution in [3.05, 3.63) is 78.9 Å². The first-order chi connectivity index (χ1) is 31.3. The zero-order valence-corrected chi connectivity index (χ0v) is 49.6. The molecule has 0 amide bonds. The fourth-order valence-corrected chi connectivity index (χ4v) is 9.07. The van der Waals surface area contributed by atoms with Crippen LogP contribution in [0.15, 0.2) is 24.3 Å². The Balaban J connectivity index is -0.00000145. The van der Waals surface area contributed by atoms with Crippen LogP contribution in [0.25, 0.3) is 0 Å². The third kappa shape index (κ3) is 38.0. The molecule has 0 radical (unpaired) electrons. The van der Waals surface area contributed by atoms with Crippen LogP contribution < -0.4 is 10.6 Å². The van der Waals surface area contributed by atoms with Crippen molar-refractivity contribution in [1.29, 1.82) is 0 Å². The molecule has 3 heteroatoms. The van der Waals surface area contributed by atoms with E-state index in [2.05, 4.69) is 104 Å². The summed E-state index contributed by atoms with van der Waals surface area (Å²) in [4.78, 5) is 0. The van der Waals surface area contributed by atoms with Gasteiger partial charge in [-0.3, -0.25) is 0 Å². The average Bonchev–Trinajstić information content (AvgIpc) is 3.28. The molecule has 0 saturated carbocycles. The Morgan fingerprint density at radius 3 is 0.833 bits per heavy atom. The molecule has 0 aliphatic carbocycles. The van der Waals surface area contributed by atoms with E-state index in [1.54, 1.807) is 0 Å². The number of unbranched alkanes of at least 4 members (excludes halogenated alkanes) is 26. The van der Waals surface area contributed by atoms with Gasteiger partial charge < -0.3 is 31.9 Å². The summed E-state index contributed by atoms with van der Waals surface area (Å²) in [7, 11) is 0. The monoisotopic (exact) mass is 991 g/mol. The number of nitrogens with one attached hydrogen (secondary N) is 2. The summed E-state index contributed by atoms with van der Waals surface area (Å²) in [6, 6.07) is 9.86. The minimum atomic E-state index is 0. The molecule has 2 rings (SSSR count). The Kier molecular flexibility index (Phi) is 54.7. The topological polar surface area (TPSA) is 24.1 Å². The number of hydrogen-bond acceptors (Lipinski definition) is 2. The summed E-state index contributed by atoms with van der Waals surface area (Å²) >= 11 is 0. The molecule has 0 bridgehead atoms. The summed E-state index contributed by atoms with van der Waals surface area (Å²) < 4.78 is 0. The maximum absolute atomic E-state index is 4.20. The predicted molar refractivity (Wildman–Crippen MR) is 302 cm³/mol. The summed E-state index contributed by atoms with van der Waals surface area (Å²) in [6.45, 7) is 27.8. The van der Waals surface area contributed by atoms with E-state index in [0.717, 1.165) is 44.9 Å². The Morgan fingerprint density at radius 2 is 0.591 bits per heavy atom. The number of rotatable bonds is 40. The fourth-order valence-electron chi connectivity index (χ4n) is 9.07. The van der Waals surface area contributed by atoms with Crippen molar-refractivity contribution < 1.29 is 32.7 Å². The Bertz CT molecular complexity index is 1140. The Hall–Kier alpha value is -0.856. The number of hydrogen-bond donors (Lipinski definition) is 2. The molecule has 0 saturated heterocycles. The minimum absolute atomic E-state index is 0. The molecular weight excluding hydrogens is 874 g/mol. The van der Waals surface area contributed by atoms with E-state index >= 15 is 0 Å². The van der Waals surface area contributed by atoms with E-state index in [1.807, 2.05) is 6.92 Å². The van der Waals surface area contributed by atoms with Crippen molar-refractivity contribution in [2.24, 2.45) is 0 Å². The third-order valence-electron chi connectivity index (χ3n) is 12.9. The van der Waals surface area contributed by atoms with Gasteiger partial charge in [-0.05, 0) is 100 Å². The van der Waals surface area contributed by atoms with Crippen LogP contribution in [0.1, 0.15) is 300 Å². The molecule has 2 aromatic carbocycles. The molecule has 0 fully saturated rings. The molecular formula is C63H117N2Y. The van der Waals surface area contributed by atoms with Gasteiger partial charge in [-0.1, -0.05) is 251 Å². The molecule has 0 aliphatic rings. The van der Waals surface area contributed by atoms with E-state index in [0.29, 0.717) is 0 Å². The maximum Gasteiger partial charge on any atom is 3.00 e. The average molecular weight is 992 g/mol. The van der Waals surface area contributed by atoms with Crippen molar-refractivity contribution in [3.8, 4) is 0 Å². The number of anilines is 2. The minimum Gasteiger partial charge on any atom is -0.365 e. The molecule has 0 spiro atoms. The first kappa shape index (κ1) is 69.4. The van der Waals surface area contributed by atoms with Crippen molar-refractivity contribution in [2.75, 3.05) is 10.6 Å². The van der Waals surface area contributed by atoms with E-state index < -0.39 is 0 Å². The van der Waals surface area contributed by atoms with E-state index in [1.165, 1.54) is 244 Å². The van der Waals surface area contributed by atoms with Gasteiger partial charge in [0.1, 0.15) is 0 Å². The van der Waals surface area contributed by atoms with Gasteiger partial charge in [0.25, 0.3) is 0 Å². The van der Waals surface area contributed by atoms with Crippen LogP contribution >= 0.6 is 0 Å². The van der Waals surface area contributed by atoms with Crippen LogP contribution in [-0.4, -0.2) is 6.17 Å². The van der Waals surface area contributed by atoms with Crippen LogP contribution in [-0.2, 0) is 58.4 Å². The van der Waals surface area contributed by atoms with Crippen LogP contribution in [0.2, 0.25) is 0 Å².